The number of nitrogens with zero attached hydrogens (tertiary/aromatic N) is 6. The zero-order valence-corrected chi connectivity index (χ0v) is 14.0. The van der Waals surface area contributed by atoms with Crippen LogP contribution < -0.4 is 4.74 Å². The minimum atomic E-state index is -0.197. The molecule has 3 aromatic rings. The highest BCUT2D eigenvalue weighted by atomic mass is 16.5. The molecule has 24 heavy (non-hydrogen) atoms. The number of hydrogen-bond donors (Lipinski definition) is 0. The van der Waals surface area contributed by atoms with Crippen molar-refractivity contribution in [3.63, 3.8) is 0 Å². The second kappa shape index (κ2) is 7.22. The maximum absolute atomic E-state index is 5.71. The van der Waals surface area contributed by atoms with Crippen LogP contribution in [0.25, 0.3) is 5.69 Å². The van der Waals surface area contributed by atoms with Gasteiger partial charge in [-0.15, -0.1) is 5.10 Å². The average Bonchev–Trinajstić information content (AvgIpc) is 3.25. The van der Waals surface area contributed by atoms with Crippen LogP contribution in [0.1, 0.15) is 31.6 Å². The number of methoxy groups -OCH3 is 1. The molecule has 3 rings (SSSR count). The smallest absolute Gasteiger partial charge is 0.172 e. The van der Waals surface area contributed by atoms with E-state index in [-0.39, 0.29) is 6.10 Å². The number of para-hydroxylation sites is 2. The third kappa shape index (κ3) is 3.28. The van der Waals surface area contributed by atoms with E-state index in [1.807, 2.05) is 38.1 Å². The van der Waals surface area contributed by atoms with Crippen molar-refractivity contribution in [2.45, 2.75) is 26.5 Å². The van der Waals surface area contributed by atoms with Crippen LogP contribution in [-0.4, -0.2) is 43.2 Å². The molecule has 8 heteroatoms. The lowest BCUT2D eigenvalue weighted by molar-refractivity contribution is 0.0684. The van der Waals surface area contributed by atoms with Crippen LogP contribution in [0.5, 0.6) is 5.75 Å². The summed E-state index contributed by atoms with van der Waals surface area (Å²) in [5.74, 6) is 2.07. The van der Waals surface area contributed by atoms with E-state index in [0.717, 1.165) is 17.3 Å². The van der Waals surface area contributed by atoms with E-state index in [2.05, 4.69) is 20.2 Å². The van der Waals surface area contributed by atoms with Gasteiger partial charge in [-0.2, -0.15) is 5.10 Å². The van der Waals surface area contributed by atoms with Crippen molar-refractivity contribution >= 4 is 0 Å². The highest BCUT2D eigenvalue weighted by Gasteiger charge is 2.20. The summed E-state index contributed by atoms with van der Waals surface area (Å²) in [5, 5.41) is 8.72. The van der Waals surface area contributed by atoms with E-state index in [1.165, 1.54) is 6.33 Å². The van der Waals surface area contributed by atoms with Crippen molar-refractivity contribution in [3.05, 3.63) is 48.6 Å². The second-order valence-corrected chi connectivity index (χ2v) is 5.16. The van der Waals surface area contributed by atoms with Crippen molar-refractivity contribution in [3.8, 4) is 11.4 Å². The van der Waals surface area contributed by atoms with Gasteiger partial charge in [-0.25, -0.2) is 19.3 Å². The number of ether oxygens (including phenoxy) is 2. The lowest BCUT2D eigenvalue weighted by Crippen LogP contribution is -2.10. The van der Waals surface area contributed by atoms with Gasteiger partial charge in [-0.3, -0.25) is 0 Å². The van der Waals surface area contributed by atoms with E-state index < -0.39 is 0 Å². The maximum atomic E-state index is 5.71. The number of rotatable bonds is 7. The van der Waals surface area contributed by atoms with Crippen molar-refractivity contribution in [2.75, 3.05) is 13.7 Å². The van der Waals surface area contributed by atoms with Crippen LogP contribution in [0.3, 0.4) is 0 Å². The van der Waals surface area contributed by atoms with Gasteiger partial charge in [-0.1, -0.05) is 12.1 Å². The zero-order valence-electron chi connectivity index (χ0n) is 14.0. The lowest BCUT2D eigenvalue weighted by Gasteiger charge is -2.14. The number of hydrogen-bond acceptors (Lipinski definition) is 6. The van der Waals surface area contributed by atoms with Gasteiger partial charge in [0, 0.05) is 6.61 Å². The number of aromatic nitrogens is 6. The van der Waals surface area contributed by atoms with Crippen LogP contribution in [0.15, 0.2) is 36.9 Å². The highest BCUT2D eigenvalue weighted by Crippen LogP contribution is 2.26. The Kier molecular flexibility index (Phi) is 4.85. The van der Waals surface area contributed by atoms with Gasteiger partial charge in [-0.05, 0) is 26.0 Å². The first-order valence-electron chi connectivity index (χ1n) is 7.76. The Morgan fingerprint density at radius 2 is 2.08 bits per heavy atom. The van der Waals surface area contributed by atoms with Crippen molar-refractivity contribution < 1.29 is 9.47 Å². The fourth-order valence-electron chi connectivity index (χ4n) is 2.46. The fourth-order valence-corrected chi connectivity index (χ4v) is 2.46. The van der Waals surface area contributed by atoms with Crippen LogP contribution in [0, 0.1) is 0 Å². The molecule has 0 bridgehead atoms. The fraction of sp³-hybridized carbons (Fsp3) is 0.375. The first-order chi connectivity index (χ1) is 11.7. The average molecular weight is 328 g/mol. The molecular weight excluding hydrogens is 308 g/mol. The molecule has 0 aliphatic heterocycles. The maximum Gasteiger partial charge on any atom is 0.172 e. The minimum absolute atomic E-state index is 0.197. The third-order valence-electron chi connectivity index (χ3n) is 3.54. The summed E-state index contributed by atoms with van der Waals surface area (Å²) >= 11 is 0. The standard InChI is InChI=1S/C16H20N6O2/c1-4-24-12(2)16-19-15(9-21-11-17-10-18-21)20-22(16)13-7-5-6-8-14(13)23-3/h5-8,10-12H,4,9H2,1-3H3/t12-/m1/s1. The molecule has 1 atom stereocenters. The lowest BCUT2D eigenvalue weighted by atomic mass is 10.3. The van der Waals surface area contributed by atoms with E-state index in [1.54, 1.807) is 22.8 Å². The predicted molar refractivity (Wildman–Crippen MR) is 87.1 cm³/mol. The van der Waals surface area contributed by atoms with Gasteiger partial charge >= 0.3 is 0 Å². The second-order valence-electron chi connectivity index (χ2n) is 5.16. The molecular formula is C16H20N6O2. The Balaban J connectivity index is 2.03. The summed E-state index contributed by atoms with van der Waals surface area (Å²) in [4.78, 5) is 8.58. The molecule has 2 heterocycles. The first-order valence-corrected chi connectivity index (χ1v) is 7.76. The van der Waals surface area contributed by atoms with E-state index >= 15 is 0 Å². The van der Waals surface area contributed by atoms with Gasteiger partial charge in [0.15, 0.2) is 11.6 Å². The Morgan fingerprint density at radius 3 is 2.79 bits per heavy atom. The van der Waals surface area contributed by atoms with Crippen LogP contribution in [-0.2, 0) is 11.3 Å². The quantitative estimate of drug-likeness (QED) is 0.660. The molecule has 0 amide bonds. The summed E-state index contributed by atoms with van der Waals surface area (Å²) in [6.45, 7) is 4.95. The monoisotopic (exact) mass is 328 g/mol. The molecule has 0 N–H and O–H groups in total. The van der Waals surface area contributed by atoms with Crippen molar-refractivity contribution in [1.29, 1.82) is 0 Å². The van der Waals surface area contributed by atoms with E-state index in [4.69, 9.17) is 9.47 Å². The van der Waals surface area contributed by atoms with E-state index in [0.29, 0.717) is 19.0 Å². The molecule has 0 aliphatic carbocycles. The Morgan fingerprint density at radius 1 is 1.25 bits per heavy atom. The van der Waals surface area contributed by atoms with Crippen molar-refractivity contribution in [2.24, 2.45) is 0 Å². The summed E-state index contributed by atoms with van der Waals surface area (Å²) in [6, 6.07) is 7.69. The largest absolute Gasteiger partial charge is 0.494 e. The van der Waals surface area contributed by atoms with Crippen molar-refractivity contribution in [1.82, 2.24) is 29.5 Å². The van der Waals surface area contributed by atoms with Gasteiger partial charge in [0.2, 0.25) is 0 Å². The molecule has 126 valence electrons. The number of benzene rings is 1. The van der Waals surface area contributed by atoms with E-state index in [9.17, 15) is 0 Å². The normalized spacial score (nSPS) is 12.3. The molecule has 0 saturated carbocycles. The third-order valence-corrected chi connectivity index (χ3v) is 3.54. The van der Waals surface area contributed by atoms with Gasteiger partial charge in [0.1, 0.15) is 36.7 Å². The van der Waals surface area contributed by atoms with Gasteiger partial charge in [0.25, 0.3) is 0 Å². The SMILES string of the molecule is CCO[C@H](C)c1nc(Cn2cncn2)nn1-c1ccccc1OC. The molecule has 0 unspecified atom stereocenters. The van der Waals surface area contributed by atoms with Gasteiger partial charge < -0.3 is 9.47 Å². The molecule has 2 aromatic heterocycles. The molecule has 0 radical (unpaired) electrons. The highest BCUT2D eigenvalue weighted by molar-refractivity contribution is 5.46. The molecule has 0 aliphatic rings. The molecule has 8 nitrogen and oxygen atoms in total. The zero-order chi connectivity index (χ0) is 16.9. The molecule has 0 spiro atoms. The predicted octanol–water partition coefficient (Wildman–Crippen LogP) is 2.01. The first kappa shape index (κ1) is 16.1. The topological polar surface area (TPSA) is 79.9 Å². The van der Waals surface area contributed by atoms with Crippen LogP contribution in [0.2, 0.25) is 0 Å². The summed E-state index contributed by atoms with van der Waals surface area (Å²) in [6.07, 6.45) is 2.92. The van der Waals surface area contributed by atoms with Crippen LogP contribution >= 0.6 is 0 Å². The summed E-state index contributed by atoms with van der Waals surface area (Å²) in [5.41, 5.74) is 0.818. The Labute approximate surface area is 140 Å². The molecule has 0 saturated heterocycles. The molecule has 1 aromatic carbocycles. The Hall–Kier alpha value is -2.74. The summed E-state index contributed by atoms with van der Waals surface area (Å²) < 4.78 is 14.6. The molecule has 0 fully saturated rings. The van der Waals surface area contributed by atoms with Crippen LogP contribution in [0.4, 0.5) is 0 Å². The minimum Gasteiger partial charge on any atom is -0.494 e. The Bertz CT molecular complexity index is 784. The summed E-state index contributed by atoms with van der Waals surface area (Å²) in [7, 11) is 1.64. The van der Waals surface area contributed by atoms with Gasteiger partial charge in [0.05, 0.1) is 7.11 Å².